The Hall–Kier alpha value is -3.60. The van der Waals surface area contributed by atoms with Crippen LogP contribution in [-0.2, 0) is 6.61 Å². The molecule has 0 unspecified atom stereocenters. The fraction of sp³-hybridized carbons (Fsp3) is 0.0476. The number of H-pyrrole nitrogens is 1. The Kier molecular flexibility index (Phi) is 3.42. The highest BCUT2D eigenvalue weighted by Crippen LogP contribution is 2.28. The number of nitrogens with one attached hydrogen (secondary N) is 1. The van der Waals surface area contributed by atoms with Crippen LogP contribution in [0.25, 0.3) is 33.2 Å². The second kappa shape index (κ2) is 6.04. The molecule has 5 rings (SSSR count). The quantitative estimate of drug-likeness (QED) is 0.502. The minimum absolute atomic E-state index is 0.228. The molecule has 0 saturated carbocycles. The van der Waals surface area contributed by atoms with Crippen molar-refractivity contribution in [1.29, 1.82) is 0 Å². The molecule has 0 fully saturated rings. The van der Waals surface area contributed by atoms with Gasteiger partial charge in [0.25, 0.3) is 5.89 Å². The SMILES string of the molecule is c1ccc(-c2noc(COc3ccc4c(c3)[nH]c3ccccc34)n2)cc1. The first-order valence-corrected chi connectivity index (χ1v) is 8.38. The van der Waals surface area contributed by atoms with E-state index in [2.05, 4.69) is 33.3 Å². The summed E-state index contributed by atoms with van der Waals surface area (Å²) in [5.41, 5.74) is 3.07. The van der Waals surface area contributed by atoms with Crippen LogP contribution in [0.15, 0.2) is 77.3 Å². The zero-order chi connectivity index (χ0) is 17.3. The molecule has 0 amide bonds. The van der Waals surface area contributed by atoms with Crippen molar-refractivity contribution in [3.63, 3.8) is 0 Å². The maximum absolute atomic E-state index is 5.83. The second-order valence-corrected chi connectivity index (χ2v) is 6.04. The van der Waals surface area contributed by atoms with Crippen molar-refractivity contribution in [2.75, 3.05) is 0 Å². The Labute approximate surface area is 149 Å². The third-order valence-electron chi connectivity index (χ3n) is 4.34. The lowest BCUT2D eigenvalue weighted by molar-refractivity contribution is 0.243. The number of benzene rings is 3. The number of aromatic nitrogens is 3. The molecule has 0 aliphatic heterocycles. The molecule has 2 heterocycles. The Bertz CT molecular complexity index is 1190. The Morgan fingerprint density at radius 2 is 1.65 bits per heavy atom. The molecule has 0 radical (unpaired) electrons. The maximum atomic E-state index is 5.83. The van der Waals surface area contributed by atoms with E-state index < -0.39 is 0 Å². The zero-order valence-electron chi connectivity index (χ0n) is 13.8. The molecule has 0 bridgehead atoms. The average molecular weight is 341 g/mol. The summed E-state index contributed by atoms with van der Waals surface area (Å²) >= 11 is 0. The van der Waals surface area contributed by atoms with Crippen LogP contribution in [0.2, 0.25) is 0 Å². The standard InChI is InChI=1S/C21H15N3O2/c1-2-6-14(7-3-1)21-23-20(26-24-21)13-25-15-10-11-17-16-8-4-5-9-18(16)22-19(17)12-15/h1-12,22H,13H2. The van der Waals surface area contributed by atoms with Gasteiger partial charge in [-0.2, -0.15) is 4.98 Å². The second-order valence-electron chi connectivity index (χ2n) is 6.04. The highest BCUT2D eigenvalue weighted by Gasteiger charge is 2.10. The molecule has 0 spiro atoms. The first-order chi connectivity index (χ1) is 12.9. The van der Waals surface area contributed by atoms with Gasteiger partial charge >= 0.3 is 0 Å². The molecular formula is C21H15N3O2. The molecule has 126 valence electrons. The molecule has 3 aromatic carbocycles. The van der Waals surface area contributed by atoms with Crippen molar-refractivity contribution in [2.24, 2.45) is 0 Å². The molecule has 0 saturated heterocycles. The average Bonchev–Trinajstić information content (AvgIpc) is 3.31. The minimum atomic E-state index is 0.228. The number of aromatic amines is 1. The summed E-state index contributed by atoms with van der Waals surface area (Å²) in [6.07, 6.45) is 0. The lowest BCUT2D eigenvalue weighted by atomic mass is 10.1. The van der Waals surface area contributed by atoms with Crippen molar-refractivity contribution in [2.45, 2.75) is 6.61 Å². The Balaban J connectivity index is 1.37. The lowest BCUT2D eigenvalue weighted by Crippen LogP contribution is -1.95. The Morgan fingerprint density at radius 3 is 2.58 bits per heavy atom. The van der Waals surface area contributed by atoms with Crippen LogP contribution < -0.4 is 4.74 Å². The first kappa shape index (κ1) is 14.7. The van der Waals surface area contributed by atoms with E-state index in [0.717, 1.165) is 22.3 Å². The molecule has 5 aromatic rings. The van der Waals surface area contributed by atoms with E-state index >= 15 is 0 Å². The van der Waals surface area contributed by atoms with Crippen molar-refractivity contribution in [3.05, 3.63) is 78.7 Å². The van der Waals surface area contributed by atoms with Gasteiger partial charge in [-0.1, -0.05) is 53.7 Å². The van der Waals surface area contributed by atoms with E-state index in [0.29, 0.717) is 11.7 Å². The van der Waals surface area contributed by atoms with Crippen LogP contribution in [0.3, 0.4) is 0 Å². The van der Waals surface area contributed by atoms with Gasteiger partial charge in [0.05, 0.1) is 5.52 Å². The summed E-state index contributed by atoms with van der Waals surface area (Å²) in [7, 11) is 0. The number of fused-ring (bicyclic) bond motifs is 3. The topological polar surface area (TPSA) is 63.9 Å². The van der Waals surface area contributed by atoms with E-state index in [1.807, 2.05) is 54.6 Å². The highest BCUT2D eigenvalue weighted by atomic mass is 16.5. The van der Waals surface area contributed by atoms with Crippen LogP contribution in [-0.4, -0.2) is 15.1 Å². The van der Waals surface area contributed by atoms with Gasteiger partial charge in [-0.05, 0) is 18.2 Å². The first-order valence-electron chi connectivity index (χ1n) is 8.38. The van der Waals surface area contributed by atoms with Crippen molar-refractivity contribution < 1.29 is 9.26 Å². The number of nitrogens with zero attached hydrogens (tertiary/aromatic N) is 2. The van der Waals surface area contributed by atoms with Crippen LogP contribution in [0.5, 0.6) is 5.75 Å². The number of ether oxygens (including phenoxy) is 1. The van der Waals surface area contributed by atoms with E-state index in [4.69, 9.17) is 9.26 Å². The lowest BCUT2D eigenvalue weighted by Gasteiger charge is -2.03. The van der Waals surface area contributed by atoms with Crippen LogP contribution >= 0.6 is 0 Å². The monoisotopic (exact) mass is 341 g/mol. The van der Waals surface area contributed by atoms with Gasteiger partial charge in [0.15, 0.2) is 6.61 Å². The van der Waals surface area contributed by atoms with E-state index in [9.17, 15) is 0 Å². The predicted molar refractivity (Wildman–Crippen MR) is 99.9 cm³/mol. The fourth-order valence-electron chi connectivity index (χ4n) is 3.09. The molecule has 26 heavy (non-hydrogen) atoms. The number of hydrogen-bond acceptors (Lipinski definition) is 4. The molecular weight excluding hydrogens is 326 g/mol. The summed E-state index contributed by atoms with van der Waals surface area (Å²) in [6, 6.07) is 24.0. The summed E-state index contributed by atoms with van der Waals surface area (Å²) in [6.45, 7) is 0.228. The van der Waals surface area contributed by atoms with Crippen molar-refractivity contribution >= 4 is 21.8 Å². The van der Waals surface area contributed by atoms with Gasteiger partial charge in [0.2, 0.25) is 5.82 Å². The largest absolute Gasteiger partial charge is 0.484 e. The highest BCUT2D eigenvalue weighted by molar-refractivity contribution is 6.07. The van der Waals surface area contributed by atoms with E-state index in [-0.39, 0.29) is 6.61 Å². The number of para-hydroxylation sites is 1. The van der Waals surface area contributed by atoms with Crippen LogP contribution in [0.4, 0.5) is 0 Å². The third kappa shape index (κ3) is 2.59. The summed E-state index contributed by atoms with van der Waals surface area (Å²) in [5, 5.41) is 6.39. The van der Waals surface area contributed by atoms with Gasteiger partial charge in [-0.25, -0.2) is 0 Å². The maximum Gasteiger partial charge on any atom is 0.264 e. The predicted octanol–water partition coefficient (Wildman–Crippen LogP) is 4.95. The summed E-state index contributed by atoms with van der Waals surface area (Å²) in [4.78, 5) is 7.79. The molecule has 5 heteroatoms. The van der Waals surface area contributed by atoms with Gasteiger partial charge in [0, 0.05) is 27.9 Å². The van der Waals surface area contributed by atoms with E-state index in [1.54, 1.807) is 0 Å². The molecule has 0 atom stereocenters. The molecule has 1 N–H and O–H groups in total. The van der Waals surface area contributed by atoms with Gasteiger partial charge in [-0.3, -0.25) is 0 Å². The van der Waals surface area contributed by atoms with Crippen molar-refractivity contribution in [1.82, 2.24) is 15.1 Å². The van der Waals surface area contributed by atoms with Gasteiger partial charge < -0.3 is 14.2 Å². The third-order valence-corrected chi connectivity index (χ3v) is 4.34. The fourth-order valence-corrected chi connectivity index (χ4v) is 3.09. The van der Waals surface area contributed by atoms with E-state index in [1.165, 1.54) is 10.8 Å². The van der Waals surface area contributed by atoms with Gasteiger partial charge in [-0.15, -0.1) is 0 Å². The minimum Gasteiger partial charge on any atom is -0.484 e. The smallest absolute Gasteiger partial charge is 0.264 e. The molecule has 0 aliphatic rings. The van der Waals surface area contributed by atoms with Crippen LogP contribution in [0, 0.1) is 0 Å². The molecule has 5 nitrogen and oxygen atoms in total. The van der Waals surface area contributed by atoms with Crippen molar-refractivity contribution in [3.8, 4) is 17.1 Å². The molecule has 2 aromatic heterocycles. The van der Waals surface area contributed by atoms with Crippen LogP contribution in [0.1, 0.15) is 5.89 Å². The summed E-state index contributed by atoms with van der Waals surface area (Å²) < 4.78 is 11.1. The normalized spacial score (nSPS) is 11.2. The molecule has 0 aliphatic carbocycles. The Morgan fingerprint density at radius 1 is 0.846 bits per heavy atom. The van der Waals surface area contributed by atoms with Gasteiger partial charge in [0.1, 0.15) is 5.75 Å². The summed E-state index contributed by atoms with van der Waals surface area (Å²) in [5.74, 6) is 1.76. The number of hydrogen-bond donors (Lipinski definition) is 1. The number of rotatable bonds is 4. The zero-order valence-corrected chi connectivity index (χ0v) is 13.8.